The maximum atomic E-state index is 12.5. The molecule has 4 rings (SSSR count). The summed E-state index contributed by atoms with van der Waals surface area (Å²) in [6.07, 6.45) is 0. The van der Waals surface area contributed by atoms with Crippen molar-refractivity contribution in [2.45, 2.75) is 9.79 Å². The lowest BCUT2D eigenvalue weighted by Crippen LogP contribution is -2.22. The number of benzene rings is 3. The van der Waals surface area contributed by atoms with Crippen LogP contribution in [-0.2, 0) is 0 Å². The van der Waals surface area contributed by atoms with Gasteiger partial charge in [0.1, 0.15) is 0 Å². The predicted octanol–water partition coefficient (Wildman–Crippen LogP) is 3.51. The zero-order chi connectivity index (χ0) is 18.1. The number of aromatic carboxylic acids is 1. The monoisotopic (exact) mass is 361 g/mol. The second-order valence-corrected chi connectivity index (χ2v) is 6.84. The molecule has 0 saturated carbocycles. The molecular formula is C20H13N2O3S-. The second-order valence-electron chi connectivity index (χ2n) is 5.75. The van der Waals surface area contributed by atoms with Gasteiger partial charge in [-0.3, -0.25) is 4.79 Å². The molecule has 0 aliphatic carbocycles. The van der Waals surface area contributed by atoms with Gasteiger partial charge < -0.3 is 20.5 Å². The number of hydrogen-bond donors (Lipinski definition) is 2. The minimum absolute atomic E-state index is 0.0664. The molecule has 1 aliphatic heterocycles. The summed E-state index contributed by atoms with van der Waals surface area (Å²) in [6, 6.07) is 19.4. The van der Waals surface area contributed by atoms with Crippen molar-refractivity contribution in [3.05, 3.63) is 77.9 Å². The molecule has 0 unspecified atom stereocenters. The van der Waals surface area contributed by atoms with Crippen LogP contribution >= 0.6 is 11.8 Å². The number of fused-ring (bicyclic) bond motifs is 2. The third-order valence-electron chi connectivity index (χ3n) is 4.00. The van der Waals surface area contributed by atoms with Crippen molar-refractivity contribution in [1.82, 2.24) is 0 Å². The molecule has 0 saturated heterocycles. The average Bonchev–Trinajstić information content (AvgIpc) is 2.66. The lowest BCUT2D eigenvalue weighted by molar-refractivity contribution is -0.255. The maximum absolute atomic E-state index is 12.5. The predicted molar refractivity (Wildman–Crippen MR) is 99.0 cm³/mol. The Morgan fingerprint density at radius 2 is 1.54 bits per heavy atom. The number of carbonyl (C=O) groups excluding carboxylic acids is 2. The molecule has 2 N–H and O–H groups in total. The molecule has 3 aromatic carbocycles. The van der Waals surface area contributed by atoms with Crippen LogP contribution in [0.2, 0.25) is 0 Å². The molecular weight excluding hydrogens is 348 g/mol. The van der Waals surface area contributed by atoms with E-state index in [0.717, 1.165) is 21.2 Å². The molecule has 0 spiro atoms. The van der Waals surface area contributed by atoms with E-state index in [4.69, 9.17) is 0 Å². The summed E-state index contributed by atoms with van der Waals surface area (Å²) in [6.45, 7) is 0. The quantitative estimate of drug-likeness (QED) is 0.584. The summed E-state index contributed by atoms with van der Waals surface area (Å²) in [5.41, 5.74) is 3.00. The Balaban J connectivity index is 1.54. The van der Waals surface area contributed by atoms with E-state index in [1.54, 1.807) is 17.8 Å². The summed E-state index contributed by atoms with van der Waals surface area (Å²) in [7, 11) is 0. The van der Waals surface area contributed by atoms with Crippen LogP contribution in [0.1, 0.15) is 20.7 Å². The number of amides is 1. The largest absolute Gasteiger partial charge is 0.545 e. The summed E-state index contributed by atoms with van der Waals surface area (Å²) in [4.78, 5) is 25.5. The third-order valence-corrected chi connectivity index (χ3v) is 5.15. The van der Waals surface area contributed by atoms with Crippen LogP contribution in [0.15, 0.2) is 76.5 Å². The van der Waals surface area contributed by atoms with Gasteiger partial charge in [0, 0.05) is 21.0 Å². The standard InChI is InChI=1S/C20H14N2O3S/c23-19(21-14-8-5-12(6-9-14)20(24)25)13-7-10-18-16(11-13)22-15-3-1-2-4-17(15)26-18/h1-11,22H,(H,21,23)(H,24,25)/p-1. The van der Waals surface area contributed by atoms with E-state index in [0.29, 0.717) is 11.3 Å². The van der Waals surface area contributed by atoms with Crippen LogP contribution in [0.4, 0.5) is 17.1 Å². The highest BCUT2D eigenvalue weighted by atomic mass is 32.2. The lowest BCUT2D eigenvalue weighted by Gasteiger charge is -2.21. The van der Waals surface area contributed by atoms with Crippen molar-refractivity contribution in [3.8, 4) is 0 Å². The van der Waals surface area contributed by atoms with E-state index in [1.165, 1.54) is 24.3 Å². The number of carbonyl (C=O) groups is 2. The molecule has 5 nitrogen and oxygen atoms in total. The molecule has 0 radical (unpaired) electrons. The molecule has 1 heterocycles. The van der Waals surface area contributed by atoms with Gasteiger partial charge in [0.25, 0.3) is 5.91 Å². The third kappa shape index (κ3) is 3.14. The number of rotatable bonds is 3. The molecule has 0 fully saturated rings. The first-order valence-electron chi connectivity index (χ1n) is 7.91. The van der Waals surface area contributed by atoms with Crippen LogP contribution in [0.5, 0.6) is 0 Å². The van der Waals surface area contributed by atoms with E-state index < -0.39 is 5.97 Å². The van der Waals surface area contributed by atoms with Gasteiger partial charge in [-0.1, -0.05) is 36.0 Å². The molecule has 6 heteroatoms. The Kier molecular flexibility index (Phi) is 4.10. The van der Waals surface area contributed by atoms with Crippen LogP contribution in [0.25, 0.3) is 0 Å². The highest BCUT2D eigenvalue weighted by Gasteiger charge is 2.17. The average molecular weight is 361 g/mol. The van der Waals surface area contributed by atoms with Gasteiger partial charge in [0.05, 0.1) is 17.3 Å². The second kappa shape index (κ2) is 6.57. The SMILES string of the molecule is O=C([O-])c1ccc(NC(=O)c2ccc3c(c2)Nc2ccccc2S3)cc1. The van der Waals surface area contributed by atoms with E-state index in [-0.39, 0.29) is 11.5 Å². The first-order valence-corrected chi connectivity index (χ1v) is 8.72. The fraction of sp³-hybridized carbons (Fsp3) is 0. The fourth-order valence-electron chi connectivity index (χ4n) is 2.67. The highest BCUT2D eigenvalue weighted by molar-refractivity contribution is 7.99. The zero-order valence-corrected chi connectivity index (χ0v) is 14.3. The highest BCUT2D eigenvalue weighted by Crippen LogP contribution is 2.44. The molecule has 128 valence electrons. The van der Waals surface area contributed by atoms with Gasteiger partial charge in [-0.15, -0.1) is 0 Å². The van der Waals surface area contributed by atoms with Crippen LogP contribution in [0, 0.1) is 0 Å². The van der Waals surface area contributed by atoms with Crippen molar-refractivity contribution in [1.29, 1.82) is 0 Å². The van der Waals surface area contributed by atoms with Gasteiger partial charge in [0.2, 0.25) is 0 Å². The topological polar surface area (TPSA) is 81.3 Å². The summed E-state index contributed by atoms with van der Waals surface area (Å²) in [5.74, 6) is -1.51. The van der Waals surface area contributed by atoms with E-state index in [9.17, 15) is 14.7 Å². The van der Waals surface area contributed by atoms with Gasteiger partial charge in [-0.2, -0.15) is 0 Å². The normalized spacial score (nSPS) is 11.7. The zero-order valence-electron chi connectivity index (χ0n) is 13.5. The smallest absolute Gasteiger partial charge is 0.255 e. The van der Waals surface area contributed by atoms with Gasteiger partial charge >= 0.3 is 0 Å². The summed E-state index contributed by atoms with van der Waals surface area (Å²) in [5, 5.41) is 16.9. The Morgan fingerprint density at radius 3 is 2.31 bits per heavy atom. The van der Waals surface area contributed by atoms with Crippen molar-refractivity contribution >= 4 is 40.7 Å². The molecule has 0 aromatic heterocycles. The van der Waals surface area contributed by atoms with Crippen molar-refractivity contribution < 1.29 is 14.7 Å². The Labute approximate surface area is 154 Å². The number of anilines is 3. The van der Waals surface area contributed by atoms with Crippen LogP contribution < -0.4 is 15.7 Å². The van der Waals surface area contributed by atoms with Crippen molar-refractivity contribution in [3.63, 3.8) is 0 Å². The number of para-hydroxylation sites is 1. The number of nitrogens with one attached hydrogen (secondary N) is 2. The molecule has 3 aromatic rings. The van der Waals surface area contributed by atoms with Crippen LogP contribution in [0.3, 0.4) is 0 Å². The van der Waals surface area contributed by atoms with Crippen LogP contribution in [-0.4, -0.2) is 11.9 Å². The fourth-order valence-corrected chi connectivity index (χ4v) is 3.64. The molecule has 1 aliphatic rings. The van der Waals surface area contributed by atoms with Crippen molar-refractivity contribution in [2.24, 2.45) is 0 Å². The summed E-state index contributed by atoms with van der Waals surface area (Å²) < 4.78 is 0. The Hall–Kier alpha value is -3.25. The summed E-state index contributed by atoms with van der Waals surface area (Å²) >= 11 is 1.66. The lowest BCUT2D eigenvalue weighted by atomic mass is 10.1. The molecule has 0 atom stereocenters. The van der Waals surface area contributed by atoms with Crippen molar-refractivity contribution in [2.75, 3.05) is 10.6 Å². The first kappa shape index (κ1) is 16.2. The Bertz CT molecular complexity index is 1020. The molecule has 0 bridgehead atoms. The van der Waals surface area contributed by atoms with E-state index in [2.05, 4.69) is 10.6 Å². The Morgan fingerprint density at radius 1 is 0.846 bits per heavy atom. The minimum Gasteiger partial charge on any atom is -0.545 e. The van der Waals surface area contributed by atoms with E-state index in [1.807, 2.05) is 36.4 Å². The number of hydrogen-bond acceptors (Lipinski definition) is 5. The first-order chi connectivity index (χ1) is 12.6. The molecule has 26 heavy (non-hydrogen) atoms. The molecule has 1 amide bonds. The van der Waals surface area contributed by atoms with E-state index >= 15 is 0 Å². The maximum Gasteiger partial charge on any atom is 0.255 e. The minimum atomic E-state index is -1.25. The van der Waals surface area contributed by atoms with Gasteiger partial charge in [-0.25, -0.2) is 0 Å². The van der Waals surface area contributed by atoms with Gasteiger partial charge in [0.15, 0.2) is 0 Å². The number of carboxylic acid groups (broad SMARTS) is 1. The van der Waals surface area contributed by atoms with Gasteiger partial charge in [-0.05, 0) is 48.0 Å². The number of carboxylic acids is 1.